The third kappa shape index (κ3) is 0.593. The summed E-state index contributed by atoms with van der Waals surface area (Å²) < 4.78 is 0. The van der Waals surface area contributed by atoms with E-state index in [1.807, 2.05) is 0 Å². The number of allylic oxidation sites excluding steroid dienone is 2. The summed E-state index contributed by atoms with van der Waals surface area (Å²) in [5, 5.41) is 0. The summed E-state index contributed by atoms with van der Waals surface area (Å²) in [5.41, 5.74) is 2.32. The molecule has 0 N–H and O–H groups in total. The molecule has 0 spiro atoms. The Labute approximate surface area is 57.0 Å². The number of rotatable bonds is 0. The summed E-state index contributed by atoms with van der Waals surface area (Å²) in [6.45, 7) is 4.70. The van der Waals surface area contributed by atoms with Crippen molar-refractivity contribution in [1.82, 2.24) is 0 Å². The first-order valence-corrected chi connectivity index (χ1v) is 3.91. The van der Waals surface area contributed by atoms with Crippen molar-refractivity contribution in [3.8, 4) is 0 Å². The fraction of sp³-hybridized carbons (Fsp3) is 0.778. The van der Waals surface area contributed by atoms with Gasteiger partial charge in [0.15, 0.2) is 0 Å². The number of hydrogen-bond donors (Lipinski definition) is 0. The molecule has 0 saturated heterocycles. The SMILES string of the molecule is CC1=CCC[C@H]2C[C@]12C. The highest BCUT2D eigenvalue weighted by molar-refractivity contribution is 5.24. The Bertz CT molecular complexity index is 167. The van der Waals surface area contributed by atoms with E-state index in [1.165, 1.54) is 19.3 Å². The molecule has 0 unspecified atom stereocenters. The Balaban J connectivity index is 2.29. The van der Waals surface area contributed by atoms with E-state index in [0.717, 1.165) is 5.92 Å². The van der Waals surface area contributed by atoms with Crippen LogP contribution >= 0.6 is 0 Å². The molecule has 9 heavy (non-hydrogen) atoms. The molecule has 2 rings (SSSR count). The zero-order valence-corrected chi connectivity index (χ0v) is 6.28. The fourth-order valence-electron chi connectivity index (χ4n) is 2.09. The summed E-state index contributed by atoms with van der Waals surface area (Å²) in [7, 11) is 0. The van der Waals surface area contributed by atoms with Crippen molar-refractivity contribution in [2.24, 2.45) is 11.3 Å². The normalized spacial score (nSPS) is 47.8. The first-order valence-electron chi connectivity index (χ1n) is 3.91. The van der Waals surface area contributed by atoms with E-state index in [1.54, 1.807) is 5.57 Å². The Hall–Kier alpha value is -0.260. The van der Waals surface area contributed by atoms with E-state index in [0.29, 0.717) is 5.41 Å². The van der Waals surface area contributed by atoms with Crippen LogP contribution in [0, 0.1) is 11.3 Å². The minimum atomic E-state index is 0.665. The van der Waals surface area contributed by atoms with Crippen molar-refractivity contribution >= 4 is 0 Å². The van der Waals surface area contributed by atoms with Gasteiger partial charge in [0.25, 0.3) is 0 Å². The molecule has 0 heterocycles. The molecule has 2 aliphatic rings. The Morgan fingerprint density at radius 1 is 1.67 bits per heavy atom. The molecular formula is C9H14. The smallest absolute Gasteiger partial charge is 0.00875 e. The zero-order valence-electron chi connectivity index (χ0n) is 6.28. The standard InChI is InChI=1S/C9H14/c1-7-4-3-5-8-6-9(7,8)2/h4,8H,3,5-6H2,1-2H3/t8-,9+/m0/s1. The summed E-state index contributed by atoms with van der Waals surface area (Å²) >= 11 is 0. The number of fused-ring (bicyclic) bond motifs is 1. The van der Waals surface area contributed by atoms with Gasteiger partial charge in [0.05, 0.1) is 0 Å². The topological polar surface area (TPSA) is 0 Å². The second-order valence-electron chi connectivity index (χ2n) is 3.78. The van der Waals surface area contributed by atoms with Gasteiger partial charge in [-0.1, -0.05) is 18.6 Å². The van der Waals surface area contributed by atoms with Crippen LogP contribution in [0.5, 0.6) is 0 Å². The van der Waals surface area contributed by atoms with E-state index in [2.05, 4.69) is 19.9 Å². The van der Waals surface area contributed by atoms with Crippen molar-refractivity contribution in [2.75, 3.05) is 0 Å². The lowest BCUT2D eigenvalue weighted by Crippen LogP contribution is -2.03. The van der Waals surface area contributed by atoms with Crippen molar-refractivity contribution in [3.05, 3.63) is 11.6 Å². The van der Waals surface area contributed by atoms with Crippen molar-refractivity contribution in [3.63, 3.8) is 0 Å². The molecule has 50 valence electrons. The van der Waals surface area contributed by atoms with E-state index in [9.17, 15) is 0 Å². The molecule has 1 saturated carbocycles. The van der Waals surface area contributed by atoms with Gasteiger partial charge in [-0.3, -0.25) is 0 Å². The van der Waals surface area contributed by atoms with Crippen LogP contribution < -0.4 is 0 Å². The molecule has 0 bridgehead atoms. The van der Waals surface area contributed by atoms with Crippen LogP contribution in [0.25, 0.3) is 0 Å². The molecule has 2 atom stereocenters. The molecule has 1 fully saturated rings. The maximum absolute atomic E-state index is 2.42. The van der Waals surface area contributed by atoms with Crippen molar-refractivity contribution < 1.29 is 0 Å². The predicted molar refractivity (Wildman–Crippen MR) is 39.2 cm³/mol. The monoisotopic (exact) mass is 122 g/mol. The van der Waals surface area contributed by atoms with Gasteiger partial charge in [-0.05, 0) is 37.5 Å². The minimum Gasteiger partial charge on any atom is -0.0850 e. The Morgan fingerprint density at radius 2 is 2.44 bits per heavy atom. The molecular weight excluding hydrogens is 108 g/mol. The van der Waals surface area contributed by atoms with Crippen LogP contribution in [-0.4, -0.2) is 0 Å². The van der Waals surface area contributed by atoms with Crippen molar-refractivity contribution in [2.45, 2.75) is 33.1 Å². The lowest BCUT2D eigenvalue weighted by Gasteiger charge is -2.16. The summed E-state index contributed by atoms with van der Waals surface area (Å²) in [4.78, 5) is 0. The molecule has 0 aliphatic heterocycles. The molecule has 0 aromatic heterocycles. The van der Waals surface area contributed by atoms with Gasteiger partial charge in [0.1, 0.15) is 0 Å². The highest BCUT2D eigenvalue weighted by atomic mass is 14.6. The fourth-order valence-corrected chi connectivity index (χ4v) is 2.09. The van der Waals surface area contributed by atoms with Gasteiger partial charge in [0, 0.05) is 0 Å². The first kappa shape index (κ1) is 5.52. The number of hydrogen-bond acceptors (Lipinski definition) is 0. The lowest BCUT2D eigenvalue weighted by molar-refractivity contribution is 0.532. The first-order chi connectivity index (χ1) is 4.23. The van der Waals surface area contributed by atoms with Gasteiger partial charge < -0.3 is 0 Å². The molecule has 0 radical (unpaired) electrons. The molecule has 0 heteroatoms. The quantitative estimate of drug-likeness (QED) is 0.433. The summed E-state index contributed by atoms with van der Waals surface area (Å²) in [6.07, 6.45) is 6.68. The Kier molecular flexibility index (Phi) is 0.870. The summed E-state index contributed by atoms with van der Waals surface area (Å²) in [6, 6.07) is 0. The van der Waals surface area contributed by atoms with Crippen molar-refractivity contribution in [1.29, 1.82) is 0 Å². The largest absolute Gasteiger partial charge is 0.0850 e. The van der Waals surface area contributed by atoms with Gasteiger partial charge >= 0.3 is 0 Å². The minimum absolute atomic E-state index is 0.665. The third-order valence-corrected chi connectivity index (χ3v) is 3.28. The molecule has 0 aromatic rings. The van der Waals surface area contributed by atoms with Crippen LogP contribution in [0.4, 0.5) is 0 Å². The van der Waals surface area contributed by atoms with Crippen LogP contribution in [0.1, 0.15) is 33.1 Å². The van der Waals surface area contributed by atoms with Crippen LogP contribution in [0.2, 0.25) is 0 Å². The second-order valence-corrected chi connectivity index (χ2v) is 3.78. The third-order valence-electron chi connectivity index (χ3n) is 3.28. The summed E-state index contributed by atoms with van der Waals surface area (Å²) in [5.74, 6) is 1.06. The highest BCUT2D eigenvalue weighted by Crippen LogP contribution is 2.61. The lowest BCUT2D eigenvalue weighted by atomic mass is 9.90. The van der Waals surface area contributed by atoms with E-state index >= 15 is 0 Å². The van der Waals surface area contributed by atoms with Gasteiger partial charge in [0.2, 0.25) is 0 Å². The molecule has 0 aromatic carbocycles. The van der Waals surface area contributed by atoms with Gasteiger partial charge in [-0.25, -0.2) is 0 Å². The second kappa shape index (κ2) is 1.42. The molecule has 0 nitrogen and oxygen atoms in total. The van der Waals surface area contributed by atoms with E-state index in [4.69, 9.17) is 0 Å². The average molecular weight is 122 g/mol. The predicted octanol–water partition coefficient (Wildman–Crippen LogP) is 2.75. The van der Waals surface area contributed by atoms with E-state index in [-0.39, 0.29) is 0 Å². The maximum atomic E-state index is 2.42. The van der Waals surface area contributed by atoms with Crippen LogP contribution in [-0.2, 0) is 0 Å². The molecule has 2 aliphatic carbocycles. The molecule has 0 amide bonds. The maximum Gasteiger partial charge on any atom is -0.00875 e. The zero-order chi connectivity index (χ0) is 6.48. The Morgan fingerprint density at radius 3 is 3.00 bits per heavy atom. The van der Waals surface area contributed by atoms with Gasteiger partial charge in [-0.15, -0.1) is 0 Å². The average Bonchev–Trinajstić information content (AvgIpc) is 2.44. The van der Waals surface area contributed by atoms with Gasteiger partial charge in [-0.2, -0.15) is 0 Å². The van der Waals surface area contributed by atoms with E-state index < -0.39 is 0 Å². The van der Waals surface area contributed by atoms with Crippen LogP contribution in [0.15, 0.2) is 11.6 Å². The van der Waals surface area contributed by atoms with Crippen LogP contribution in [0.3, 0.4) is 0 Å². The highest BCUT2D eigenvalue weighted by Gasteiger charge is 2.51.